The maximum atomic E-state index is 10.8. The van der Waals surface area contributed by atoms with Crippen LogP contribution >= 0.6 is 15.9 Å². The van der Waals surface area contributed by atoms with Gasteiger partial charge in [-0.15, -0.1) is 0 Å². The molecule has 1 aromatic rings. The zero-order valence-corrected chi connectivity index (χ0v) is 12.4. The van der Waals surface area contributed by atoms with E-state index in [-0.39, 0.29) is 16.7 Å². The molecule has 104 valence electrons. The molecule has 1 atom stereocenters. The molecule has 1 aliphatic heterocycles. The molecule has 5 nitrogen and oxygen atoms in total. The summed E-state index contributed by atoms with van der Waals surface area (Å²) in [5.41, 5.74) is 2.15. The van der Waals surface area contributed by atoms with E-state index in [1.54, 1.807) is 12.1 Å². The number of nitrogens with zero attached hydrogens (tertiary/aromatic N) is 2. The van der Waals surface area contributed by atoms with Crippen LogP contribution < -0.4 is 4.90 Å². The van der Waals surface area contributed by atoms with Crippen molar-refractivity contribution in [2.24, 2.45) is 0 Å². The predicted octanol–water partition coefficient (Wildman–Crippen LogP) is 3.10. The molecule has 0 amide bonds. The highest BCUT2D eigenvalue weighted by Crippen LogP contribution is 2.29. The number of benzene rings is 1. The van der Waals surface area contributed by atoms with Gasteiger partial charge in [-0.25, -0.2) is 0 Å². The van der Waals surface area contributed by atoms with Crippen molar-refractivity contribution in [3.05, 3.63) is 33.9 Å². The Bertz CT molecular complexity index is 467. The van der Waals surface area contributed by atoms with Gasteiger partial charge in [0.05, 0.1) is 17.6 Å². The third-order valence-corrected chi connectivity index (χ3v) is 3.96. The van der Waals surface area contributed by atoms with Crippen LogP contribution in [-0.4, -0.2) is 30.7 Å². The molecule has 19 heavy (non-hydrogen) atoms. The Hall–Kier alpha value is -1.14. The highest BCUT2D eigenvalue weighted by atomic mass is 79.9. The van der Waals surface area contributed by atoms with E-state index in [1.807, 2.05) is 6.07 Å². The van der Waals surface area contributed by atoms with Gasteiger partial charge in [0.25, 0.3) is 5.69 Å². The Morgan fingerprint density at radius 1 is 1.58 bits per heavy atom. The number of anilines is 1. The largest absolute Gasteiger partial charge is 0.375 e. The molecule has 1 unspecified atom stereocenters. The van der Waals surface area contributed by atoms with Crippen molar-refractivity contribution in [3.63, 3.8) is 0 Å². The molecule has 0 radical (unpaired) electrons. The fourth-order valence-corrected chi connectivity index (χ4v) is 2.74. The van der Waals surface area contributed by atoms with Gasteiger partial charge in [0.15, 0.2) is 0 Å². The molecule has 1 aromatic carbocycles. The van der Waals surface area contributed by atoms with Crippen molar-refractivity contribution in [1.29, 1.82) is 0 Å². The monoisotopic (exact) mass is 328 g/mol. The molecule has 0 saturated carbocycles. The fraction of sp³-hybridized carbons (Fsp3) is 0.538. The minimum Gasteiger partial charge on any atom is -0.375 e. The van der Waals surface area contributed by atoms with Crippen LogP contribution in [0.2, 0.25) is 0 Å². The molecule has 1 fully saturated rings. The Balaban J connectivity index is 2.26. The summed E-state index contributed by atoms with van der Waals surface area (Å²) < 4.78 is 5.65. The first-order valence-electron chi connectivity index (χ1n) is 6.35. The average molecular weight is 329 g/mol. The van der Waals surface area contributed by atoms with E-state index in [1.165, 1.54) is 0 Å². The summed E-state index contributed by atoms with van der Waals surface area (Å²) in [7, 11) is 0. The van der Waals surface area contributed by atoms with Crippen LogP contribution in [0.1, 0.15) is 18.9 Å². The molecule has 0 spiro atoms. The number of alkyl halides is 1. The molecule has 1 aliphatic rings. The first kappa shape index (κ1) is 14.3. The van der Waals surface area contributed by atoms with Gasteiger partial charge < -0.3 is 9.64 Å². The van der Waals surface area contributed by atoms with Crippen molar-refractivity contribution in [2.75, 3.05) is 24.6 Å². The third-order valence-electron chi connectivity index (χ3n) is 3.35. The molecular formula is C13H17BrN2O3. The summed E-state index contributed by atoms with van der Waals surface area (Å²) in [6.07, 6.45) is 1.22. The lowest BCUT2D eigenvalue weighted by Crippen LogP contribution is -2.42. The number of ether oxygens (including phenoxy) is 1. The zero-order valence-electron chi connectivity index (χ0n) is 10.8. The highest BCUT2D eigenvalue weighted by molar-refractivity contribution is 9.08. The Morgan fingerprint density at radius 3 is 3.00 bits per heavy atom. The normalized spacial score (nSPS) is 19.5. The minimum atomic E-state index is -0.357. The summed E-state index contributed by atoms with van der Waals surface area (Å²) in [5, 5.41) is 11.4. The van der Waals surface area contributed by atoms with Gasteiger partial charge in [-0.2, -0.15) is 0 Å². The molecule has 0 N–H and O–H groups in total. The predicted molar refractivity (Wildman–Crippen MR) is 78.0 cm³/mol. The van der Waals surface area contributed by atoms with Gasteiger partial charge in [0, 0.05) is 36.2 Å². The van der Waals surface area contributed by atoms with E-state index in [2.05, 4.69) is 27.8 Å². The second kappa shape index (κ2) is 6.34. The van der Waals surface area contributed by atoms with E-state index < -0.39 is 0 Å². The maximum Gasteiger partial charge on any atom is 0.269 e. The van der Waals surface area contributed by atoms with Gasteiger partial charge in [-0.1, -0.05) is 22.9 Å². The average Bonchev–Trinajstić information content (AvgIpc) is 2.46. The van der Waals surface area contributed by atoms with Crippen LogP contribution in [0.4, 0.5) is 11.4 Å². The number of hydrogen-bond acceptors (Lipinski definition) is 4. The summed E-state index contributed by atoms with van der Waals surface area (Å²) in [6.45, 7) is 4.48. The lowest BCUT2D eigenvalue weighted by molar-refractivity contribution is -0.384. The van der Waals surface area contributed by atoms with Crippen molar-refractivity contribution in [3.8, 4) is 0 Å². The number of rotatable bonds is 4. The topological polar surface area (TPSA) is 55.6 Å². The van der Waals surface area contributed by atoms with Gasteiger partial charge in [-0.05, 0) is 18.1 Å². The fourth-order valence-electron chi connectivity index (χ4n) is 2.29. The van der Waals surface area contributed by atoms with Crippen LogP contribution in [0.5, 0.6) is 0 Å². The van der Waals surface area contributed by atoms with E-state index in [9.17, 15) is 10.1 Å². The molecule has 0 aromatic heterocycles. The summed E-state index contributed by atoms with van der Waals surface area (Å²) in [4.78, 5) is 12.7. The molecule has 1 saturated heterocycles. The van der Waals surface area contributed by atoms with Gasteiger partial charge in [-0.3, -0.25) is 10.1 Å². The van der Waals surface area contributed by atoms with E-state index in [4.69, 9.17) is 4.74 Å². The number of halogens is 1. The highest BCUT2D eigenvalue weighted by Gasteiger charge is 2.22. The van der Waals surface area contributed by atoms with Gasteiger partial charge in [0.1, 0.15) is 0 Å². The van der Waals surface area contributed by atoms with Crippen LogP contribution in [0.15, 0.2) is 18.2 Å². The molecule has 2 rings (SSSR count). The first-order chi connectivity index (χ1) is 9.15. The first-order valence-corrected chi connectivity index (χ1v) is 7.47. The summed E-state index contributed by atoms with van der Waals surface area (Å²) in [5.74, 6) is 0. The van der Waals surface area contributed by atoms with E-state index in [0.29, 0.717) is 11.9 Å². The standard InChI is InChI=1S/C13H17BrN2O3/c1-2-12-9-15(5-6-19-12)13-4-3-11(16(17)18)7-10(13)8-14/h3-4,7,12H,2,5-6,8-9H2,1H3. The van der Waals surface area contributed by atoms with E-state index >= 15 is 0 Å². The number of morpholine rings is 1. The third kappa shape index (κ3) is 3.25. The summed E-state index contributed by atoms with van der Waals surface area (Å²) >= 11 is 3.41. The lowest BCUT2D eigenvalue weighted by Gasteiger charge is -2.35. The van der Waals surface area contributed by atoms with Crippen LogP contribution in [0.3, 0.4) is 0 Å². The molecule has 0 aliphatic carbocycles. The summed E-state index contributed by atoms with van der Waals surface area (Å²) in [6, 6.07) is 5.05. The van der Waals surface area contributed by atoms with Crippen molar-refractivity contribution in [2.45, 2.75) is 24.8 Å². The maximum absolute atomic E-state index is 10.8. The Kier molecular flexibility index (Phi) is 4.76. The van der Waals surface area contributed by atoms with Gasteiger partial charge in [0.2, 0.25) is 0 Å². The number of non-ortho nitro benzene ring substituents is 1. The smallest absolute Gasteiger partial charge is 0.269 e. The second-order valence-electron chi connectivity index (χ2n) is 4.55. The zero-order chi connectivity index (χ0) is 13.8. The van der Waals surface area contributed by atoms with Crippen molar-refractivity contribution < 1.29 is 9.66 Å². The number of hydrogen-bond donors (Lipinski definition) is 0. The van der Waals surface area contributed by atoms with Crippen LogP contribution in [0.25, 0.3) is 0 Å². The van der Waals surface area contributed by atoms with Crippen molar-refractivity contribution >= 4 is 27.3 Å². The molecule has 1 heterocycles. The number of nitro benzene ring substituents is 1. The van der Waals surface area contributed by atoms with Crippen LogP contribution in [-0.2, 0) is 10.1 Å². The lowest BCUT2D eigenvalue weighted by atomic mass is 10.1. The molecule has 0 bridgehead atoms. The van der Waals surface area contributed by atoms with Crippen LogP contribution in [0, 0.1) is 10.1 Å². The SMILES string of the molecule is CCC1CN(c2ccc([N+](=O)[O-])cc2CBr)CCO1. The minimum absolute atomic E-state index is 0.138. The van der Waals surface area contributed by atoms with Crippen molar-refractivity contribution in [1.82, 2.24) is 0 Å². The molecule has 6 heteroatoms. The van der Waals surface area contributed by atoms with E-state index in [0.717, 1.165) is 30.8 Å². The Morgan fingerprint density at radius 2 is 2.37 bits per heavy atom. The van der Waals surface area contributed by atoms with Gasteiger partial charge >= 0.3 is 0 Å². The number of nitro groups is 1. The molecular weight excluding hydrogens is 312 g/mol. The Labute approximate surface area is 120 Å². The second-order valence-corrected chi connectivity index (χ2v) is 5.11. The quantitative estimate of drug-likeness (QED) is 0.484.